The zero-order valence-corrected chi connectivity index (χ0v) is 21.9. The lowest BCUT2D eigenvalue weighted by molar-refractivity contribution is -0.182. The zero-order valence-electron chi connectivity index (χ0n) is 21.9. The third-order valence-corrected chi connectivity index (χ3v) is 6.83. The second-order valence-corrected chi connectivity index (χ2v) is 9.54. The highest BCUT2D eigenvalue weighted by molar-refractivity contribution is 6.00. The van der Waals surface area contributed by atoms with Crippen LogP contribution < -0.4 is 10.2 Å². The molecule has 0 radical (unpaired) electrons. The second-order valence-electron chi connectivity index (χ2n) is 9.54. The Morgan fingerprint density at radius 2 is 2.17 bits per heavy atom. The molecule has 1 unspecified atom stereocenters. The second kappa shape index (κ2) is 11.4. The molecule has 0 aliphatic carbocycles. The first kappa shape index (κ1) is 27.1. The van der Waals surface area contributed by atoms with E-state index in [9.17, 15) is 14.7 Å². The first-order chi connectivity index (χ1) is 19.3. The number of likely N-dealkylation sites (N-methyl/N-ethyl adjacent to an activating group) is 1. The number of benzene rings is 1. The largest absolute Gasteiger partial charge is 0.479 e. The van der Waals surface area contributed by atoms with Crippen molar-refractivity contribution in [1.29, 1.82) is 0 Å². The Hall–Kier alpha value is -4.43. The first-order valence-corrected chi connectivity index (χ1v) is 12.6. The maximum Gasteiger partial charge on any atom is 0.414 e. The molecular weight excluding hydrogens is 525 g/mol. The molecule has 0 bridgehead atoms. The molecule has 1 saturated heterocycles. The number of aromatic nitrogens is 4. The van der Waals surface area contributed by atoms with Crippen LogP contribution in [0.2, 0.25) is 0 Å². The quantitative estimate of drug-likeness (QED) is 0.338. The van der Waals surface area contributed by atoms with E-state index in [1.807, 2.05) is 0 Å². The Bertz CT molecular complexity index is 1400. The molecule has 210 valence electrons. The number of pyridine rings is 1. The van der Waals surface area contributed by atoms with E-state index in [1.54, 1.807) is 42.2 Å². The number of aliphatic carboxylic acids is 1. The number of carbonyl (C=O) groups is 2. The summed E-state index contributed by atoms with van der Waals surface area (Å²) in [6, 6.07) is 7.86. The summed E-state index contributed by atoms with van der Waals surface area (Å²) in [4.78, 5) is 35.5. The van der Waals surface area contributed by atoms with E-state index in [4.69, 9.17) is 14.3 Å². The average molecular weight is 554 g/mol. The number of hydrogen-bond donors (Lipinski definition) is 2. The number of carboxylic acid groups (broad SMARTS) is 1. The van der Waals surface area contributed by atoms with E-state index >= 15 is 4.39 Å². The molecule has 2 aliphatic heterocycles. The average Bonchev–Trinajstić information content (AvgIpc) is 3.71. The van der Waals surface area contributed by atoms with Crippen molar-refractivity contribution in [3.8, 4) is 11.1 Å². The van der Waals surface area contributed by atoms with Crippen LogP contribution in [0.4, 0.5) is 14.9 Å². The summed E-state index contributed by atoms with van der Waals surface area (Å²) in [7, 11) is 1.74. The fraction of sp³-hybridized carbons (Fsp3) is 0.385. The minimum atomic E-state index is -1.59. The molecule has 1 aromatic carbocycles. The van der Waals surface area contributed by atoms with Crippen LogP contribution in [0.5, 0.6) is 0 Å². The van der Waals surface area contributed by atoms with Gasteiger partial charge in [-0.05, 0) is 38.2 Å². The van der Waals surface area contributed by atoms with Gasteiger partial charge in [-0.1, -0.05) is 16.4 Å². The van der Waals surface area contributed by atoms with Gasteiger partial charge in [0.05, 0.1) is 37.3 Å². The van der Waals surface area contributed by atoms with Crippen LogP contribution >= 0.6 is 0 Å². The Balaban J connectivity index is 1.24. The van der Waals surface area contributed by atoms with Crippen LogP contribution in [0.3, 0.4) is 0 Å². The van der Waals surface area contributed by atoms with Crippen LogP contribution in [0.1, 0.15) is 19.0 Å². The van der Waals surface area contributed by atoms with Gasteiger partial charge in [-0.3, -0.25) is 9.88 Å². The molecule has 3 aromatic rings. The van der Waals surface area contributed by atoms with Crippen molar-refractivity contribution in [1.82, 2.24) is 25.3 Å². The normalized spacial score (nSPS) is 20.1. The van der Waals surface area contributed by atoms with Crippen molar-refractivity contribution in [2.24, 2.45) is 5.16 Å². The van der Waals surface area contributed by atoms with E-state index in [1.165, 1.54) is 30.3 Å². The summed E-state index contributed by atoms with van der Waals surface area (Å²) in [6.45, 7) is 2.72. The zero-order chi connectivity index (χ0) is 28.3. The van der Waals surface area contributed by atoms with Crippen molar-refractivity contribution >= 4 is 23.5 Å². The van der Waals surface area contributed by atoms with Gasteiger partial charge in [-0.2, -0.15) is 0 Å². The van der Waals surface area contributed by atoms with E-state index in [0.29, 0.717) is 41.3 Å². The van der Waals surface area contributed by atoms with Crippen LogP contribution in [0, 0.1) is 5.82 Å². The highest BCUT2D eigenvalue weighted by atomic mass is 19.1. The number of oxime groups is 1. The lowest BCUT2D eigenvalue weighted by Gasteiger charge is -2.29. The smallest absolute Gasteiger partial charge is 0.414 e. The van der Waals surface area contributed by atoms with Gasteiger partial charge in [0.1, 0.15) is 17.6 Å². The van der Waals surface area contributed by atoms with Crippen molar-refractivity contribution in [2.45, 2.75) is 37.7 Å². The standard InChI is InChI=1S/C26H28FN7O6/c1-26(24(35)36,38-10-8-28-2)23-12-22(31-40-23)21-6-3-16(13-29-21)19-5-4-17(11-20(19)27)34-15-18(39-25(34)37)14-33-9-7-30-32-33/h3-7,9,11,13,18,23,28H,8,10,12,14-15H2,1-2H3,(H,35,36)/t18-,23-,26?/m0/s1. The van der Waals surface area contributed by atoms with Crippen molar-refractivity contribution in [2.75, 3.05) is 31.6 Å². The number of hydrogen-bond acceptors (Lipinski definition) is 10. The SMILES string of the molecule is CNCCOC(C)(C(=O)O)[C@@H]1CC(c2ccc(-c3ccc(N4C[C@H](Cn5ccnn5)OC4=O)cc3F)cn2)=NO1. The van der Waals surface area contributed by atoms with Crippen LogP contribution in [-0.4, -0.2) is 87.4 Å². The lowest BCUT2D eigenvalue weighted by atomic mass is 9.94. The van der Waals surface area contributed by atoms with Gasteiger partial charge in [-0.15, -0.1) is 5.10 Å². The van der Waals surface area contributed by atoms with Crippen LogP contribution in [-0.2, 0) is 25.7 Å². The molecular formula is C26H28FN7O6. The van der Waals surface area contributed by atoms with Crippen LogP contribution in [0.15, 0.2) is 54.1 Å². The number of halogens is 1. The highest BCUT2D eigenvalue weighted by Crippen LogP contribution is 2.31. The molecule has 40 heavy (non-hydrogen) atoms. The van der Waals surface area contributed by atoms with Gasteiger partial charge >= 0.3 is 12.1 Å². The minimum Gasteiger partial charge on any atom is -0.479 e. The molecule has 2 aromatic heterocycles. The Kier molecular flexibility index (Phi) is 7.71. The predicted octanol–water partition coefficient (Wildman–Crippen LogP) is 2.08. The molecule has 2 N–H and O–H groups in total. The van der Waals surface area contributed by atoms with Gasteiger partial charge in [0, 0.05) is 36.5 Å². The van der Waals surface area contributed by atoms with Gasteiger partial charge in [0.15, 0.2) is 6.10 Å². The first-order valence-electron chi connectivity index (χ1n) is 12.6. The summed E-state index contributed by atoms with van der Waals surface area (Å²) >= 11 is 0. The van der Waals surface area contributed by atoms with Crippen molar-refractivity contribution in [3.63, 3.8) is 0 Å². The maximum absolute atomic E-state index is 15.2. The Labute approximate surface area is 228 Å². The number of rotatable bonds is 11. The lowest BCUT2D eigenvalue weighted by Crippen LogP contribution is -2.50. The van der Waals surface area contributed by atoms with Crippen molar-refractivity contribution < 1.29 is 33.4 Å². The fourth-order valence-corrected chi connectivity index (χ4v) is 4.48. The molecule has 0 saturated carbocycles. The minimum absolute atomic E-state index is 0.182. The molecule has 13 nitrogen and oxygen atoms in total. The number of carboxylic acids is 1. The molecule has 1 amide bonds. The summed E-state index contributed by atoms with van der Waals surface area (Å²) in [5.74, 6) is -1.68. The third kappa shape index (κ3) is 5.49. The Morgan fingerprint density at radius 3 is 2.85 bits per heavy atom. The fourth-order valence-electron chi connectivity index (χ4n) is 4.48. The van der Waals surface area contributed by atoms with Crippen LogP contribution in [0.25, 0.3) is 11.1 Å². The number of nitrogens with zero attached hydrogens (tertiary/aromatic N) is 6. The molecule has 0 spiro atoms. The third-order valence-electron chi connectivity index (χ3n) is 6.83. The van der Waals surface area contributed by atoms with Gasteiger partial charge in [0.25, 0.3) is 0 Å². The predicted molar refractivity (Wildman–Crippen MR) is 139 cm³/mol. The van der Waals surface area contributed by atoms with Gasteiger partial charge < -0.3 is 24.7 Å². The van der Waals surface area contributed by atoms with E-state index in [-0.39, 0.29) is 19.6 Å². The molecule has 1 fully saturated rings. The molecule has 4 heterocycles. The van der Waals surface area contributed by atoms with Gasteiger partial charge in [0.2, 0.25) is 5.60 Å². The number of amides is 1. The number of nitrogens with one attached hydrogen (secondary N) is 1. The summed E-state index contributed by atoms with van der Waals surface area (Å²) in [5.41, 5.74) is 0.537. The number of ether oxygens (including phenoxy) is 2. The topological polar surface area (TPSA) is 153 Å². The molecule has 14 heteroatoms. The number of anilines is 1. The van der Waals surface area contributed by atoms with E-state index < -0.39 is 35.7 Å². The summed E-state index contributed by atoms with van der Waals surface area (Å²) < 4.78 is 27.7. The van der Waals surface area contributed by atoms with E-state index in [2.05, 4.69) is 25.8 Å². The Morgan fingerprint density at radius 1 is 1.32 bits per heavy atom. The maximum atomic E-state index is 15.2. The molecule has 2 aliphatic rings. The summed E-state index contributed by atoms with van der Waals surface area (Å²) in [5, 5.41) is 24.3. The summed E-state index contributed by atoms with van der Waals surface area (Å²) in [6.07, 6.45) is 3.05. The number of cyclic esters (lactones) is 1. The van der Waals surface area contributed by atoms with Crippen molar-refractivity contribution in [3.05, 3.63) is 60.4 Å². The molecule has 3 atom stereocenters. The van der Waals surface area contributed by atoms with E-state index in [0.717, 1.165) is 0 Å². The number of carbonyl (C=O) groups excluding carboxylic acids is 1. The monoisotopic (exact) mass is 553 g/mol. The highest BCUT2D eigenvalue weighted by Gasteiger charge is 2.48. The molecule has 5 rings (SSSR count). The van der Waals surface area contributed by atoms with Gasteiger partial charge in [-0.25, -0.2) is 18.7 Å².